The molecule has 0 aliphatic rings. The van der Waals surface area contributed by atoms with Crippen molar-refractivity contribution in [1.82, 2.24) is 19.5 Å². The summed E-state index contributed by atoms with van der Waals surface area (Å²) >= 11 is 0. The van der Waals surface area contributed by atoms with Crippen molar-refractivity contribution in [3.8, 4) is 51.0 Å². The third kappa shape index (κ3) is 4.55. The van der Waals surface area contributed by atoms with Crippen LogP contribution in [-0.2, 0) is 0 Å². The van der Waals surface area contributed by atoms with Gasteiger partial charge in [-0.05, 0) is 46.5 Å². The standard InChI is InChI=1S/C39H26N4/c1-4-13-27(14-5-1)30-19-12-20-32(25-30)38-40-37(29-17-8-3-9-18-29)41-39(42-38)43-35-22-11-10-21-33(35)34-26-31(23-24-36(34)43)28-15-6-2-7-16-28/h1-26H/i2D,6D,7D,10D,11D,15D,16D,21D,22D. The van der Waals surface area contributed by atoms with E-state index in [1.807, 2.05) is 84.9 Å². The first kappa shape index (κ1) is 17.2. The van der Waals surface area contributed by atoms with Gasteiger partial charge in [0.1, 0.15) is 0 Å². The molecule has 6 aromatic carbocycles. The fourth-order valence-electron chi connectivity index (χ4n) is 5.26. The molecule has 0 fully saturated rings. The second-order valence-electron chi connectivity index (χ2n) is 9.89. The molecule has 0 amide bonds. The molecule has 4 heteroatoms. The smallest absolute Gasteiger partial charge is 0.238 e. The van der Waals surface area contributed by atoms with Crippen LogP contribution in [0.15, 0.2) is 158 Å². The maximum atomic E-state index is 9.06. The Hall–Kier alpha value is -5.87. The van der Waals surface area contributed by atoms with Crippen LogP contribution in [0.4, 0.5) is 0 Å². The third-order valence-corrected chi connectivity index (χ3v) is 7.27. The lowest BCUT2D eigenvalue weighted by atomic mass is 10.0. The molecule has 0 atom stereocenters. The van der Waals surface area contributed by atoms with Gasteiger partial charge in [0.15, 0.2) is 11.6 Å². The summed E-state index contributed by atoms with van der Waals surface area (Å²) in [6.45, 7) is 0. The van der Waals surface area contributed by atoms with Crippen LogP contribution in [0, 0.1) is 0 Å². The predicted molar refractivity (Wildman–Crippen MR) is 176 cm³/mol. The van der Waals surface area contributed by atoms with Gasteiger partial charge in [0.25, 0.3) is 0 Å². The molecule has 8 rings (SSSR count). The fourth-order valence-corrected chi connectivity index (χ4v) is 5.26. The highest BCUT2D eigenvalue weighted by Crippen LogP contribution is 2.35. The van der Waals surface area contributed by atoms with Crippen molar-refractivity contribution in [3.63, 3.8) is 0 Å². The van der Waals surface area contributed by atoms with Crippen molar-refractivity contribution >= 4 is 21.8 Å². The molecular weight excluding hydrogens is 524 g/mol. The number of hydrogen-bond donors (Lipinski definition) is 0. The molecule has 0 saturated carbocycles. The van der Waals surface area contributed by atoms with Gasteiger partial charge in [-0.2, -0.15) is 9.97 Å². The first-order chi connectivity index (χ1) is 25.0. The average molecular weight is 560 g/mol. The van der Waals surface area contributed by atoms with E-state index in [4.69, 9.17) is 27.3 Å². The Labute approximate surface area is 262 Å². The van der Waals surface area contributed by atoms with Gasteiger partial charge >= 0.3 is 0 Å². The van der Waals surface area contributed by atoms with Crippen LogP contribution in [-0.4, -0.2) is 19.5 Å². The van der Waals surface area contributed by atoms with Crippen molar-refractivity contribution in [3.05, 3.63) is 158 Å². The van der Waals surface area contributed by atoms with Crippen LogP contribution in [0.5, 0.6) is 0 Å². The van der Waals surface area contributed by atoms with Gasteiger partial charge in [-0.25, -0.2) is 4.98 Å². The molecular formula is C39H26N4. The monoisotopic (exact) mass is 559 g/mol. The SMILES string of the molecule is [2H]c1c([2H])c([2H])c(-c2ccc3c(c2)c2c([2H])c([2H])c([2H])c([2H])c2n3-c2nc(-c3ccccc3)nc(-c3cccc(-c4ccccc4)c3)n2)c([2H])c1[2H]. The van der Waals surface area contributed by atoms with Crippen LogP contribution in [0.3, 0.4) is 0 Å². The summed E-state index contributed by atoms with van der Waals surface area (Å²) in [6, 6.07) is 28.1. The first-order valence-electron chi connectivity index (χ1n) is 18.1. The van der Waals surface area contributed by atoms with Crippen LogP contribution < -0.4 is 0 Å². The molecule has 4 nitrogen and oxygen atoms in total. The second-order valence-corrected chi connectivity index (χ2v) is 9.89. The van der Waals surface area contributed by atoms with Crippen LogP contribution in [0.1, 0.15) is 12.3 Å². The zero-order valence-corrected chi connectivity index (χ0v) is 22.6. The quantitative estimate of drug-likeness (QED) is 0.211. The van der Waals surface area contributed by atoms with Gasteiger partial charge in [0, 0.05) is 21.9 Å². The highest BCUT2D eigenvalue weighted by molar-refractivity contribution is 6.10. The van der Waals surface area contributed by atoms with Gasteiger partial charge in [0.05, 0.1) is 23.4 Å². The van der Waals surface area contributed by atoms with Crippen molar-refractivity contribution < 1.29 is 12.3 Å². The molecule has 43 heavy (non-hydrogen) atoms. The molecule has 0 aliphatic heterocycles. The molecule has 8 aromatic rings. The molecule has 2 heterocycles. The molecule has 0 spiro atoms. The average Bonchev–Trinajstić information content (AvgIpc) is 3.53. The number of nitrogens with zero attached hydrogens (tertiary/aromatic N) is 4. The minimum Gasteiger partial charge on any atom is -0.278 e. The number of para-hydroxylation sites is 1. The van der Waals surface area contributed by atoms with E-state index >= 15 is 0 Å². The van der Waals surface area contributed by atoms with Crippen molar-refractivity contribution in [2.75, 3.05) is 0 Å². The largest absolute Gasteiger partial charge is 0.278 e. The van der Waals surface area contributed by atoms with E-state index in [-0.39, 0.29) is 52.1 Å². The molecule has 0 bridgehead atoms. The lowest BCUT2D eigenvalue weighted by molar-refractivity contribution is 0.953. The number of benzene rings is 6. The van der Waals surface area contributed by atoms with E-state index in [9.17, 15) is 0 Å². The normalized spacial score (nSPS) is 14.2. The van der Waals surface area contributed by atoms with Gasteiger partial charge < -0.3 is 0 Å². The molecule has 0 unspecified atom stereocenters. The molecule has 0 radical (unpaired) electrons. The molecule has 2 aromatic heterocycles. The Kier molecular flexibility index (Phi) is 4.20. The van der Waals surface area contributed by atoms with Crippen LogP contribution >= 0.6 is 0 Å². The van der Waals surface area contributed by atoms with Crippen LogP contribution in [0.2, 0.25) is 0 Å². The summed E-state index contributed by atoms with van der Waals surface area (Å²) in [7, 11) is 0. The molecule has 202 valence electrons. The number of aromatic nitrogens is 4. The number of rotatable bonds is 5. The molecule has 0 aliphatic carbocycles. The van der Waals surface area contributed by atoms with Gasteiger partial charge in [-0.1, -0.05) is 133 Å². The van der Waals surface area contributed by atoms with Gasteiger partial charge in [-0.3, -0.25) is 4.57 Å². The first-order valence-corrected chi connectivity index (χ1v) is 13.6. The lowest BCUT2D eigenvalue weighted by Crippen LogP contribution is -2.06. The maximum absolute atomic E-state index is 9.06. The minimum absolute atomic E-state index is 0.0262. The second kappa shape index (κ2) is 10.5. The number of fused-ring (bicyclic) bond motifs is 3. The summed E-state index contributed by atoms with van der Waals surface area (Å²) in [5, 5.41) is 0.533. The summed E-state index contributed by atoms with van der Waals surface area (Å²) in [5.74, 6) is 0.792. The Morgan fingerprint density at radius 3 is 1.84 bits per heavy atom. The van der Waals surface area contributed by atoms with E-state index in [1.165, 1.54) is 0 Å². The highest BCUT2D eigenvalue weighted by Gasteiger charge is 2.18. The van der Waals surface area contributed by atoms with Crippen molar-refractivity contribution in [2.45, 2.75) is 0 Å². The summed E-state index contributed by atoms with van der Waals surface area (Å²) in [6.07, 6.45) is 0. The Morgan fingerprint density at radius 2 is 1.05 bits per heavy atom. The van der Waals surface area contributed by atoms with Gasteiger partial charge in [-0.15, -0.1) is 0 Å². The Balaban J connectivity index is 1.45. The predicted octanol–water partition coefficient (Wildman–Crippen LogP) is 9.64. The van der Waals surface area contributed by atoms with Crippen LogP contribution in [0.25, 0.3) is 72.8 Å². The lowest BCUT2D eigenvalue weighted by Gasteiger charge is -2.12. The summed E-state index contributed by atoms with van der Waals surface area (Å²) in [5.41, 5.74) is 4.17. The minimum atomic E-state index is -0.514. The maximum Gasteiger partial charge on any atom is 0.238 e. The van der Waals surface area contributed by atoms with Crippen molar-refractivity contribution in [1.29, 1.82) is 0 Å². The van der Waals surface area contributed by atoms with E-state index in [0.29, 0.717) is 33.7 Å². The van der Waals surface area contributed by atoms with E-state index in [0.717, 1.165) is 11.1 Å². The molecule has 0 N–H and O–H groups in total. The highest BCUT2D eigenvalue weighted by atomic mass is 15.2. The summed E-state index contributed by atoms with van der Waals surface area (Å²) in [4.78, 5) is 14.7. The molecule has 0 saturated heterocycles. The third-order valence-electron chi connectivity index (χ3n) is 7.27. The fraction of sp³-hybridized carbons (Fsp3) is 0. The van der Waals surface area contributed by atoms with E-state index in [2.05, 4.69) is 0 Å². The van der Waals surface area contributed by atoms with E-state index < -0.39 is 30.2 Å². The zero-order valence-electron chi connectivity index (χ0n) is 31.6. The van der Waals surface area contributed by atoms with Gasteiger partial charge in [0.2, 0.25) is 5.95 Å². The Morgan fingerprint density at radius 1 is 0.419 bits per heavy atom. The topological polar surface area (TPSA) is 43.6 Å². The van der Waals surface area contributed by atoms with Crippen molar-refractivity contribution in [2.24, 2.45) is 0 Å². The summed E-state index contributed by atoms with van der Waals surface area (Å²) < 4.78 is 78.4. The Bertz CT molecular complexity index is 2700. The number of hydrogen-bond acceptors (Lipinski definition) is 3. The van der Waals surface area contributed by atoms with E-state index in [1.54, 1.807) is 22.8 Å². The zero-order chi connectivity index (χ0) is 36.4.